The maximum Gasteiger partial charge on any atom is 0.406 e. The predicted molar refractivity (Wildman–Crippen MR) is 179 cm³/mol. The molecule has 1 fully saturated rings. The number of halogens is 4. The number of hydrogen-bond donors (Lipinski definition) is 0. The van der Waals surface area contributed by atoms with Crippen molar-refractivity contribution >= 4 is 29.1 Å². The Bertz CT molecular complexity index is 1810. The SMILES string of the molecule is COc1ccc(C2C=NN=N2)cc1C(=O)N(C)CC(CCN1CCCN(c2nc3ccccc3n2CC(F)(F)F)CC1)c1ccc(F)cc1. The average Bonchev–Trinajstić information content (AvgIpc) is 3.69. The first-order valence-electron chi connectivity index (χ1n) is 16.2. The Morgan fingerprint density at radius 1 is 1.04 bits per heavy atom. The highest BCUT2D eigenvalue weighted by atomic mass is 19.4. The second kappa shape index (κ2) is 14.7. The van der Waals surface area contributed by atoms with Crippen molar-refractivity contribution in [1.29, 1.82) is 0 Å². The van der Waals surface area contributed by atoms with Crippen LogP contribution in [0.4, 0.5) is 23.5 Å². The van der Waals surface area contributed by atoms with Crippen molar-refractivity contribution < 1.29 is 27.1 Å². The molecule has 3 heterocycles. The van der Waals surface area contributed by atoms with Crippen LogP contribution in [0.25, 0.3) is 11.0 Å². The van der Waals surface area contributed by atoms with Gasteiger partial charge >= 0.3 is 6.18 Å². The van der Waals surface area contributed by atoms with Gasteiger partial charge in [0.2, 0.25) is 5.95 Å². The van der Waals surface area contributed by atoms with E-state index in [0.29, 0.717) is 67.4 Å². The van der Waals surface area contributed by atoms with E-state index in [9.17, 15) is 22.4 Å². The van der Waals surface area contributed by atoms with E-state index >= 15 is 0 Å². The van der Waals surface area contributed by atoms with Gasteiger partial charge in [-0.05, 0) is 78.7 Å². The van der Waals surface area contributed by atoms with Gasteiger partial charge in [-0.25, -0.2) is 9.37 Å². The van der Waals surface area contributed by atoms with Crippen molar-refractivity contribution in [3.63, 3.8) is 0 Å². The van der Waals surface area contributed by atoms with E-state index in [1.54, 1.807) is 66.7 Å². The normalized spacial score (nSPS) is 17.4. The van der Waals surface area contributed by atoms with Gasteiger partial charge < -0.3 is 24.0 Å². The van der Waals surface area contributed by atoms with Crippen LogP contribution in [0, 0.1) is 5.82 Å². The lowest BCUT2D eigenvalue weighted by atomic mass is 9.94. The number of anilines is 1. The van der Waals surface area contributed by atoms with E-state index in [1.165, 1.54) is 23.8 Å². The molecule has 0 saturated carbocycles. The first-order chi connectivity index (χ1) is 23.6. The second-order valence-electron chi connectivity index (χ2n) is 12.4. The fourth-order valence-electron chi connectivity index (χ4n) is 6.53. The molecule has 0 radical (unpaired) electrons. The number of carbonyl (C=O) groups is 1. The summed E-state index contributed by atoms with van der Waals surface area (Å²) >= 11 is 0. The zero-order chi connectivity index (χ0) is 34.5. The lowest BCUT2D eigenvalue weighted by Crippen LogP contribution is -2.35. The van der Waals surface area contributed by atoms with Gasteiger partial charge in [0.15, 0.2) is 0 Å². The molecule has 2 atom stereocenters. The van der Waals surface area contributed by atoms with E-state index in [0.717, 1.165) is 24.1 Å². The quantitative estimate of drug-likeness (QED) is 0.165. The number of imidazole rings is 1. The zero-order valence-electron chi connectivity index (χ0n) is 27.4. The van der Waals surface area contributed by atoms with Gasteiger partial charge in [0.1, 0.15) is 24.2 Å². The van der Waals surface area contributed by atoms with Crippen LogP contribution in [-0.2, 0) is 6.54 Å². The number of alkyl halides is 3. The lowest BCUT2D eigenvalue weighted by molar-refractivity contribution is -0.139. The van der Waals surface area contributed by atoms with Crippen molar-refractivity contribution in [2.75, 3.05) is 58.3 Å². The minimum absolute atomic E-state index is 0.116. The third-order valence-electron chi connectivity index (χ3n) is 9.05. The summed E-state index contributed by atoms with van der Waals surface area (Å²) < 4.78 is 61.5. The first-order valence-corrected chi connectivity index (χ1v) is 16.2. The summed E-state index contributed by atoms with van der Waals surface area (Å²) in [4.78, 5) is 24.3. The summed E-state index contributed by atoms with van der Waals surface area (Å²) in [6.45, 7) is 2.42. The number of amides is 1. The number of methoxy groups -OCH3 is 1. The van der Waals surface area contributed by atoms with Crippen molar-refractivity contribution in [2.45, 2.75) is 37.5 Å². The van der Waals surface area contributed by atoms with Crippen LogP contribution in [0.5, 0.6) is 5.75 Å². The molecule has 1 aromatic heterocycles. The van der Waals surface area contributed by atoms with Gasteiger partial charge in [-0.3, -0.25) is 4.79 Å². The molecule has 258 valence electrons. The van der Waals surface area contributed by atoms with Gasteiger partial charge in [-0.1, -0.05) is 30.3 Å². The van der Waals surface area contributed by atoms with Crippen molar-refractivity contribution in [2.24, 2.45) is 15.4 Å². The number of fused-ring (bicyclic) bond motifs is 1. The largest absolute Gasteiger partial charge is 0.496 e. The van der Waals surface area contributed by atoms with Crippen LogP contribution in [-0.4, -0.2) is 91.1 Å². The number of rotatable bonds is 11. The zero-order valence-corrected chi connectivity index (χ0v) is 27.4. The van der Waals surface area contributed by atoms with Gasteiger partial charge in [0.25, 0.3) is 5.91 Å². The maximum absolute atomic E-state index is 13.9. The average molecular weight is 679 g/mol. The van der Waals surface area contributed by atoms with Crippen molar-refractivity contribution in [3.8, 4) is 5.75 Å². The fraction of sp³-hybridized carbons (Fsp3) is 0.400. The molecule has 3 aromatic carbocycles. The van der Waals surface area contributed by atoms with E-state index < -0.39 is 12.7 Å². The van der Waals surface area contributed by atoms with Crippen LogP contribution in [0.1, 0.15) is 46.3 Å². The molecule has 0 aliphatic carbocycles. The monoisotopic (exact) mass is 678 g/mol. The summed E-state index contributed by atoms with van der Waals surface area (Å²) in [7, 11) is 3.25. The Kier molecular flexibility index (Phi) is 10.2. The Balaban J connectivity index is 1.15. The van der Waals surface area contributed by atoms with Crippen LogP contribution < -0.4 is 9.64 Å². The fourth-order valence-corrected chi connectivity index (χ4v) is 6.53. The molecule has 49 heavy (non-hydrogen) atoms. The van der Waals surface area contributed by atoms with Crippen LogP contribution in [0.2, 0.25) is 0 Å². The van der Waals surface area contributed by atoms with Gasteiger partial charge in [-0.15, -0.1) is 5.10 Å². The number of ether oxygens (including phenoxy) is 1. The highest BCUT2D eigenvalue weighted by Crippen LogP contribution is 2.31. The molecule has 0 spiro atoms. The maximum atomic E-state index is 13.9. The van der Waals surface area contributed by atoms with E-state index in [1.807, 2.05) is 11.0 Å². The minimum Gasteiger partial charge on any atom is -0.496 e. The lowest BCUT2D eigenvalue weighted by Gasteiger charge is -2.28. The third kappa shape index (κ3) is 8.07. The molecule has 2 aliphatic heterocycles. The van der Waals surface area contributed by atoms with Gasteiger partial charge in [0.05, 0.1) is 29.9 Å². The third-order valence-corrected chi connectivity index (χ3v) is 9.05. The Morgan fingerprint density at radius 2 is 1.84 bits per heavy atom. The molecule has 4 aromatic rings. The Labute approximate surface area is 281 Å². The predicted octanol–water partition coefficient (Wildman–Crippen LogP) is 6.70. The Morgan fingerprint density at radius 3 is 2.57 bits per heavy atom. The molecule has 14 heteroatoms. The molecular weight excluding hydrogens is 640 g/mol. The van der Waals surface area contributed by atoms with Gasteiger partial charge in [-0.2, -0.15) is 18.3 Å². The van der Waals surface area contributed by atoms with Crippen molar-refractivity contribution in [3.05, 3.63) is 89.2 Å². The summed E-state index contributed by atoms with van der Waals surface area (Å²) in [5.74, 6) is 0.0705. The number of nitrogens with zero attached hydrogens (tertiary/aromatic N) is 8. The molecule has 2 aliphatic rings. The second-order valence-corrected chi connectivity index (χ2v) is 12.4. The number of hydrogen-bond acceptors (Lipinski definition) is 8. The molecule has 0 bridgehead atoms. The summed E-state index contributed by atoms with van der Waals surface area (Å²) in [5, 5.41) is 11.6. The van der Waals surface area contributed by atoms with Crippen LogP contribution >= 0.6 is 0 Å². The van der Waals surface area contributed by atoms with Crippen LogP contribution in [0.15, 0.2) is 82.2 Å². The first kappa shape index (κ1) is 34.0. The molecule has 10 nitrogen and oxygen atoms in total. The van der Waals surface area contributed by atoms with E-state index in [2.05, 4.69) is 25.3 Å². The number of carbonyl (C=O) groups excluding carboxylic acids is 1. The standard InChI is InChI=1S/C35H38F4N8O2/c1-44(33(48)28-20-25(10-13-32(28)49-2)30-21-40-43-42-30)22-26(24-8-11-27(36)12-9-24)14-17-45-15-5-16-46(19-18-45)34-41-29-6-3-4-7-31(29)47(34)23-35(37,38)39/h3-4,6-13,20-21,26,30H,5,14-19,22-23H2,1-2H3. The molecule has 0 N–H and O–H groups in total. The molecule has 1 amide bonds. The molecule has 6 rings (SSSR count). The summed E-state index contributed by atoms with van der Waals surface area (Å²) in [6.07, 6.45) is -1.36. The number of aromatic nitrogens is 2. The van der Waals surface area contributed by atoms with E-state index in [-0.39, 0.29) is 23.7 Å². The van der Waals surface area contributed by atoms with Crippen molar-refractivity contribution in [1.82, 2.24) is 19.4 Å². The number of para-hydroxylation sites is 2. The summed E-state index contributed by atoms with van der Waals surface area (Å²) in [5.41, 5.74) is 3.05. The summed E-state index contributed by atoms with van der Waals surface area (Å²) in [6, 6.07) is 18.2. The highest BCUT2D eigenvalue weighted by molar-refractivity contribution is 5.97. The minimum atomic E-state index is -4.38. The smallest absolute Gasteiger partial charge is 0.406 e. The van der Waals surface area contributed by atoms with Gasteiger partial charge in [0, 0.05) is 39.1 Å². The molecular formula is C35H38F4N8O2. The number of likely N-dealkylation sites (N-methyl/N-ethyl adjacent to an activating group) is 1. The van der Waals surface area contributed by atoms with E-state index in [4.69, 9.17) is 4.74 Å². The topological polar surface area (TPSA) is 90.9 Å². The Hall–Kier alpha value is -4.85. The molecule has 2 unspecified atom stereocenters. The highest BCUT2D eigenvalue weighted by Gasteiger charge is 2.32. The number of benzene rings is 3. The van der Waals surface area contributed by atoms with Crippen LogP contribution in [0.3, 0.4) is 0 Å². The molecule has 1 saturated heterocycles.